The van der Waals surface area contributed by atoms with Crippen molar-refractivity contribution in [2.75, 3.05) is 9.80 Å². The van der Waals surface area contributed by atoms with Crippen LogP contribution in [0.1, 0.15) is 56.8 Å². The molecule has 78 heavy (non-hydrogen) atoms. The van der Waals surface area contributed by atoms with Crippen LogP contribution >= 0.6 is 0 Å². The van der Waals surface area contributed by atoms with E-state index in [9.17, 15) is 8.50 Å². The Kier molecular flexibility index (Phi) is 11.8. The average molecular weight is 1210 g/mol. The molecule has 1 aliphatic rings. The van der Waals surface area contributed by atoms with Crippen LogP contribution < -0.4 is 14.5 Å². The molecule has 0 unspecified atom stereocenters. The van der Waals surface area contributed by atoms with Crippen molar-refractivity contribution in [3.8, 4) is 50.7 Å². The molecule has 9 aromatic carbocycles. The van der Waals surface area contributed by atoms with Gasteiger partial charge in [0.05, 0.1) is 1.37 Å². The molecule has 0 atom stereocenters. The molecule has 0 aliphatic carbocycles. The first-order valence-corrected chi connectivity index (χ1v) is 25.7. The summed E-state index contributed by atoms with van der Waals surface area (Å²) in [6, 6.07) is 66.7. The second-order valence-corrected chi connectivity index (χ2v) is 21.6. The van der Waals surface area contributed by atoms with Crippen LogP contribution in [0.5, 0.6) is 11.5 Å². The first-order chi connectivity index (χ1) is 38.4. The molecule has 9 heteroatoms. The van der Waals surface area contributed by atoms with E-state index in [0.717, 1.165) is 45.0 Å². The van der Waals surface area contributed by atoms with Gasteiger partial charge in [-0.1, -0.05) is 150 Å². The standard InChI is InChI=1S/C69H53F2N4O2.Pt/c1-68(2,3)40-46-35-63(72-41-57(46)45-27-29-48(70)30-28-45)75-61-34-33-53-52-23-16-24-58(71)66(52)77-67(53)64(61)54-32-31-51(39-62(54)75)76-50-22-15-21-49(38-50)73-42-74(60-26-14-13-25-59(60)73)65-55(43-17-9-7-10-18-43)36-47(69(4,5)6)37-56(65)44-19-11-8-12-20-44;/h7-37,41-42H,40H2,1-6H3;/q-3;/i40D2,41D;. The molecule has 0 bridgehead atoms. The topological polar surface area (TPSA) is 46.7 Å². The van der Waals surface area contributed by atoms with E-state index in [-0.39, 0.29) is 55.2 Å². The Hall–Kier alpha value is -8.32. The van der Waals surface area contributed by atoms with Crippen LogP contribution in [0.3, 0.4) is 0 Å². The Morgan fingerprint density at radius 3 is 1.91 bits per heavy atom. The van der Waals surface area contributed by atoms with Gasteiger partial charge in [-0.05, 0) is 111 Å². The van der Waals surface area contributed by atoms with E-state index >= 15 is 4.39 Å². The molecular weight excluding hydrogens is 1150 g/mol. The van der Waals surface area contributed by atoms with Crippen LogP contribution in [0.15, 0.2) is 199 Å². The third-order valence-electron chi connectivity index (χ3n) is 14.2. The average Bonchev–Trinajstić information content (AvgIpc) is 3.04. The monoisotopic (exact) mass is 1210 g/mol. The minimum atomic E-state index is -2.01. The second-order valence-electron chi connectivity index (χ2n) is 21.6. The maximum absolute atomic E-state index is 15.5. The number of aromatic nitrogens is 2. The Morgan fingerprint density at radius 1 is 0.615 bits per heavy atom. The Balaban J connectivity index is 0.00000651. The third kappa shape index (κ3) is 9.02. The summed E-state index contributed by atoms with van der Waals surface area (Å²) in [5.41, 5.74) is 10.8. The number of fused-ring (bicyclic) bond motifs is 8. The van der Waals surface area contributed by atoms with Gasteiger partial charge in [-0.3, -0.25) is 0 Å². The quantitative estimate of drug-likeness (QED) is 0.135. The minimum Gasteiger partial charge on any atom is -0.509 e. The summed E-state index contributed by atoms with van der Waals surface area (Å²) in [4.78, 5) is 9.29. The van der Waals surface area contributed by atoms with Crippen molar-refractivity contribution in [2.24, 2.45) is 5.41 Å². The van der Waals surface area contributed by atoms with E-state index in [0.29, 0.717) is 55.2 Å². The molecule has 1 aliphatic heterocycles. The summed E-state index contributed by atoms with van der Waals surface area (Å²) >= 11 is 0. The van der Waals surface area contributed by atoms with Crippen molar-refractivity contribution < 1.29 is 43.1 Å². The summed E-state index contributed by atoms with van der Waals surface area (Å²) in [5, 5.41) is 2.64. The predicted molar refractivity (Wildman–Crippen MR) is 310 cm³/mol. The first-order valence-electron chi connectivity index (χ1n) is 27.2. The summed E-state index contributed by atoms with van der Waals surface area (Å²) in [6.45, 7) is 14.3. The molecule has 12 aromatic rings. The van der Waals surface area contributed by atoms with Gasteiger partial charge in [-0.2, -0.15) is 12.1 Å². The summed E-state index contributed by atoms with van der Waals surface area (Å²) in [5.74, 6) is 0.0468. The SMILES string of the molecule is [2H]c1nc(-n2c3[c-]c(Oc4[c-]c(N5[CH-]N(c6c(-c7ccccc7)cc(C(C)(C)C)cc6-c6ccccc6)c6ccccc65)ccc4)ccc3c3c4oc5c(F)cccc5c4ccc32)cc(C([2H])([2H])C(C)(C)C)c1-c1ccc(F)cc1.[Pt]. The number of ether oxygens (including phenoxy) is 1. The molecule has 0 saturated carbocycles. The number of rotatable bonds is 9. The molecule has 0 spiro atoms. The number of nitrogens with zero attached hydrogens (tertiary/aromatic N) is 4. The van der Waals surface area contributed by atoms with Crippen molar-refractivity contribution in [3.05, 3.63) is 236 Å². The second kappa shape index (κ2) is 19.6. The number of para-hydroxylation sites is 3. The molecule has 0 amide bonds. The van der Waals surface area contributed by atoms with E-state index in [1.54, 1.807) is 45.0 Å². The number of pyridine rings is 1. The van der Waals surface area contributed by atoms with Crippen LogP contribution in [0.4, 0.5) is 31.5 Å². The smallest absolute Gasteiger partial charge is 0.171 e. The van der Waals surface area contributed by atoms with Crippen molar-refractivity contribution >= 4 is 66.5 Å². The molecule has 0 saturated heterocycles. The van der Waals surface area contributed by atoms with Crippen LogP contribution in [0.2, 0.25) is 0 Å². The molecule has 0 N–H and O–H groups in total. The molecule has 388 valence electrons. The van der Waals surface area contributed by atoms with Crippen molar-refractivity contribution in [1.29, 1.82) is 0 Å². The largest absolute Gasteiger partial charge is 0.509 e. The number of hydrogen-bond acceptors (Lipinski definition) is 5. The Bertz CT molecular complexity index is 4360. The van der Waals surface area contributed by atoms with Gasteiger partial charge in [0, 0.05) is 91.5 Å². The van der Waals surface area contributed by atoms with Crippen LogP contribution in [-0.4, -0.2) is 9.55 Å². The normalized spacial score (nSPS) is 13.5. The van der Waals surface area contributed by atoms with Crippen LogP contribution in [-0.2, 0) is 32.9 Å². The van der Waals surface area contributed by atoms with Crippen LogP contribution in [0.25, 0.3) is 82.9 Å². The fourth-order valence-corrected chi connectivity index (χ4v) is 10.6. The van der Waals surface area contributed by atoms with Gasteiger partial charge in [-0.15, -0.1) is 42.7 Å². The van der Waals surface area contributed by atoms with Gasteiger partial charge in [0.2, 0.25) is 0 Å². The van der Waals surface area contributed by atoms with Crippen molar-refractivity contribution in [1.82, 2.24) is 9.55 Å². The zero-order valence-electron chi connectivity index (χ0n) is 46.7. The van der Waals surface area contributed by atoms with Gasteiger partial charge < -0.3 is 23.5 Å². The van der Waals surface area contributed by atoms with Gasteiger partial charge in [0.15, 0.2) is 11.4 Å². The summed E-state index contributed by atoms with van der Waals surface area (Å²) in [6.07, 6.45) is -2.22. The number of benzene rings is 9. The summed E-state index contributed by atoms with van der Waals surface area (Å²) in [7, 11) is 0. The first kappa shape index (κ1) is 46.9. The van der Waals surface area contributed by atoms with E-state index in [1.807, 2.05) is 71.3 Å². The van der Waals surface area contributed by atoms with E-state index in [4.69, 9.17) is 14.1 Å². The van der Waals surface area contributed by atoms with Gasteiger partial charge in [0.1, 0.15) is 17.2 Å². The number of furan rings is 1. The zero-order chi connectivity index (χ0) is 55.4. The van der Waals surface area contributed by atoms with Crippen molar-refractivity contribution in [3.63, 3.8) is 0 Å². The molecule has 6 nitrogen and oxygen atoms in total. The minimum absolute atomic E-state index is 0. The third-order valence-corrected chi connectivity index (χ3v) is 14.2. The molecule has 3 aromatic heterocycles. The maximum Gasteiger partial charge on any atom is 0.171 e. The van der Waals surface area contributed by atoms with Gasteiger partial charge >= 0.3 is 0 Å². The molecule has 4 heterocycles. The van der Waals surface area contributed by atoms with Crippen molar-refractivity contribution in [2.45, 2.75) is 53.3 Å². The number of hydrogen-bond donors (Lipinski definition) is 0. The van der Waals surface area contributed by atoms with E-state index in [2.05, 4.69) is 128 Å². The molecule has 13 rings (SSSR count). The molecular formula is C69H53F2N4O2Pt-3. The zero-order valence-corrected chi connectivity index (χ0v) is 45.9. The van der Waals surface area contributed by atoms with Gasteiger partial charge in [0.25, 0.3) is 0 Å². The predicted octanol–water partition coefficient (Wildman–Crippen LogP) is 19.0. The molecule has 0 fully saturated rings. The Morgan fingerprint density at radius 2 is 1.23 bits per heavy atom. The van der Waals surface area contributed by atoms with E-state index in [1.165, 1.54) is 23.8 Å². The van der Waals surface area contributed by atoms with Crippen LogP contribution in [0, 0.1) is 35.9 Å². The Labute approximate surface area is 471 Å². The number of halogens is 2. The fraction of sp³-hybridized carbons (Fsp3) is 0.130. The summed E-state index contributed by atoms with van der Waals surface area (Å²) < 4.78 is 73.5. The fourth-order valence-electron chi connectivity index (χ4n) is 10.6. The van der Waals surface area contributed by atoms with E-state index < -0.39 is 23.4 Å². The molecule has 0 radical (unpaired) electrons. The number of anilines is 4. The van der Waals surface area contributed by atoms with Gasteiger partial charge in [-0.25, -0.2) is 13.8 Å². The maximum atomic E-state index is 15.5.